The van der Waals surface area contributed by atoms with Gasteiger partial charge in [-0.2, -0.15) is 10.0 Å². The molecule has 6 amide bonds. The van der Waals surface area contributed by atoms with Crippen molar-refractivity contribution in [1.82, 2.24) is 20.9 Å². The van der Waals surface area contributed by atoms with Gasteiger partial charge in [0.2, 0.25) is 35.4 Å². The van der Waals surface area contributed by atoms with Crippen molar-refractivity contribution in [3.8, 4) is 0 Å². The van der Waals surface area contributed by atoms with Crippen molar-refractivity contribution >= 4 is 35.4 Å². The van der Waals surface area contributed by atoms with Crippen LogP contribution >= 0.6 is 0 Å². The van der Waals surface area contributed by atoms with E-state index < -0.39 is 35.4 Å². The maximum Gasteiger partial charge on any atom is 0.248 e. The predicted molar refractivity (Wildman–Crippen MR) is 99.6 cm³/mol. The molecule has 0 atom stereocenters. The summed E-state index contributed by atoms with van der Waals surface area (Å²) < 4.78 is 0. The highest BCUT2D eigenvalue weighted by Gasteiger charge is 2.19. The lowest BCUT2D eigenvalue weighted by Crippen LogP contribution is -2.48. The molecule has 0 heterocycles. The molecule has 0 aromatic carbocycles. The summed E-state index contributed by atoms with van der Waals surface area (Å²) >= 11 is 0. The third-order valence-electron chi connectivity index (χ3n) is 3.70. The molecule has 0 spiro atoms. The summed E-state index contributed by atoms with van der Waals surface area (Å²) in [6, 6.07) is 0. The first-order valence-corrected chi connectivity index (χ1v) is 9.27. The fourth-order valence-electron chi connectivity index (χ4n) is 2.43. The first kappa shape index (κ1) is 25.2. The van der Waals surface area contributed by atoms with Crippen LogP contribution in [0.1, 0.15) is 79.1 Å². The number of carbonyl (C=O) groups excluding carboxylic acids is 6. The molecule has 0 rings (SSSR count). The third kappa shape index (κ3) is 11.0. The highest BCUT2D eigenvalue weighted by molar-refractivity contribution is 5.96. The maximum absolute atomic E-state index is 11.9. The summed E-state index contributed by atoms with van der Waals surface area (Å²) in [4.78, 5) is 68.5. The maximum atomic E-state index is 11.9. The van der Waals surface area contributed by atoms with E-state index in [9.17, 15) is 28.8 Å². The van der Waals surface area contributed by atoms with E-state index in [2.05, 4.69) is 10.9 Å². The summed E-state index contributed by atoms with van der Waals surface area (Å²) in [5.74, 6) is -2.95. The fourth-order valence-corrected chi connectivity index (χ4v) is 2.43. The molecule has 0 aliphatic heterocycles. The number of carbonyl (C=O) groups is 6. The van der Waals surface area contributed by atoms with Gasteiger partial charge in [-0.25, -0.2) is 0 Å². The number of rotatable bonds is 9. The van der Waals surface area contributed by atoms with E-state index in [4.69, 9.17) is 0 Å². The number of imide groups is 2. The molecular formula is C18H30N4O6. The van der Waals surface area contributed by atoms with Crippen molar-refractivity contribution in [2.75, 3.05) is 0 Å². The van der Waals surface area contributed by atoms with E-state index in [1.54, 1.807) is 0 Å². The number of hydrazine groups is 2. The number of amides is 6. The van der Waals surface area contributed by atoms with Crippen molar-refractivity contribution < 1.29 is 28.8 Å². The molecule has 0 aliphatic carbocycles. The molecule has 0 aromatic rings. The molecule has 0 aromatic heterocycles. The Bertz CT molecular complexity index is 553. The fraction of sp³-hybridized carbons (Fsp3) is 0.667. The van der Waals surface area contributed by atoms with E-state index in [0.29, 0.717) is 12.8 Å². The average molecular weight is 398 g/mol. The highest BCUT2D eigenvalue weighted by atomic mass is 16.2. The molecule has 0 unspecified atom stereocenters. The summed E-state index contributed by atoms with van der Waals surface area (Å²) in [7, 11) is 0. The second kappa shape index (κ2) is 13.4. The van der Waals surface area contributed by atoms with Gasteiger partial charge in [0.05, 0.1) is 0 Å². The smallest absolute Gasteiger partial charge is 0.248 e. The lowest BCUT2D eigenvalue weighted by Gasteiger charge is -2.18. The first-order chi connectivity index (χ1) is 13.1. The molecule has 158 valence electrons. The number of hydrogen-bond acceptors (Lipinski definition) is 6. The minimum Gasteiger partial charge on any atom is -0.274 e. The van der Waals surface area contributed by atoms with Crippen LogP contribution in [0, 0.1) is 0 Å². The number of nitrogens with zero attached hydrogens (tertiary/aromatic N) is 2. The molecule has 10 heteroatoms. The van der Waals surface area contributed by atoms with Crippen LogP contribution in [-0.4, -0.2) is 45.5 Å². The molecule has 0 aliphatic rings. The molecule has 2 N–H and O–H groups in total. The largest absolute Gasteiger partial charge is 0.274 e. The Morgan fingerprint density at radius 2 is 0.821 bits per heavy atom. The Balaban J connectivity index is 3.97. The molecule has 0 fully saturated rings. The minimum absolute atomic E-state index is 0.155. The average Bonchev–Trinajstić information content (AvgIpc) is 2.58. The topological polar surface area (TPSA) is 133 Å². The molecule has 0 bridgehead atoms. The van der Waals surface area contributed by atoms with E-state index >= 15 is 0 Å². The van der Waals surface area contributed by atoms with Crippen LogP contribution in [-0.2, 0) is 28.8 Å². The quantitative estimate of drug-likeness (QED) is 0.439. The molecular weight excluding hydrogens is 368 g/mol. The normalized spacial score (nSPS) is 10.0. The van der Waals surface area contributed by atoms with Crippen LogP contribution in [0.3, 0.4) is 0 Å². The monoisotopic (exact) mass is 398 g/mol. The standard InChI is InChI=1S/C18H30N4O6/c1-13(23)19-21(15(3)25)17(27)11-9-7-5-6-8-10-12-18(28)22(16(4)26)20-14(2)24/h5-12H2,1-4H3,(H,19,23)(H,20,24). The van der Waals surface area contributed by atoms with Gasteiger partial charge in [0.25, 0.3) is 0 Å². The summed E-state index contributed by atoms with van der Waals surface area (Å²) in [6.45, 7) is 4.85. The van der Waals surface area contributed by atoms with Crippen LogP contribution in [0.15, 0.2) is 0 Å². The predicted octanol–water partition coefficient (Wildman–Crippen LogP) is 0.960. The van der Waals surface area contributed by atoms with Crippen LogP contribution in [0.2, 0.25) is 0 Å². The van der Waals surface area contributed by atoms with Crippen molar-refractivity contribution in [3.05, 3.63) is 0 Å². The summed E-state index contributed by atoms with van der Waals surface area (Å²) in [5, 5.41) is 1.45. The van der Waals surface area contributed by atoms with Gasteiger partial charge in [0.1, 0.15) is 0 Å². The minimum atomic E-state index is -0.538. The van der Waals surface area contributed by atoms with Gasteiger partial charge < -0.3 is 0 Å². The first-order valence-electron chi connectivity index (χ1n) is 9.27. The molecule has 0 radical (unpaired) electrons. The molecule has 0 saturated carbocycles. The highest BCUT2D eigenvalue weighted by Crippen LogP contribution is 2.10. The summed E-state index contributed by atoms with van der Waals surface area (Å²) in [5.41, 5.74) is 4.39. The Labute approximate surface area is 164 Å². The second-order valence-electron chi connectivity index (χ2n) is 6.45. The lowest BCUT2D eigenvalue weighted by molar-refractivity contribution is -0.152. The van der Waals surface area contributed by atoms with Crippen molar-refractivity contribution in [2.45, 2.75) is 79.1 Å². The Morgan fingerprint density at radius 1 is 0.536 bits per heavy atom. The van der Waals surface area contributed by atoms with Crippen molar-refractivity contribution in [1.29, 1.82) is 0 Å². The Kier molecular flexibility index (Phi) is 12.1. The van der Waals surface area contributed by atoms with Crippen LogP contribution in [0.4, 0.5) is 0 Å². The number of unbranched alkanes of at least 4 members (excludes halogenated alkanes) is 5. The Hall–Kier alpha value is -2.78. The third-order valence-corrected chi connectivity index (χ3v) is 3.70. The second-order valence-corrected chi connectivity index (χ2v) is 6.45. The van der Waals surface area contributed by atoms with Gasteiger partial charge in [-0.3, -0.25) is 39.6 Å². The van der Waals surface area contributed by atoms with Gasteiger partial charge in [0, 0.05) is 40.5 Å². The zero-order chi connectivity index (χ0) is 21.7. The van der Waals surface area contributed by atoms with E-state index in [1.807, 2.05) is 0 Å². The van der Waals surface area contributed by atoms with Gasteiger partial charge >= 0.3 is 0 Å². The lowest BCUT2D eigenvalue weighted by atomic mass is 10.1. The van der Waals surface area contributed by atoms with Crippen LogP contribution in [0.25, 0.3) is 0 Å². The SMILES string of the molecule is CC(=O)NN(C(C)=O)C(=O)CCCCCCCCC(=O)N(NC(C)=O)C(C)=O. The zero-order valence-corrected chi connectivity index (χ0v) is 17.0. The van der Waals surface area contributed by atoms with Crippen molar-refractivity contribution in [2.24, 2.45) is 0 Å². The van der Waals surface area contributed by atoms with E-state index in [1.165, 1.54) is 27.7 Å². The van der Waals surface area contributed by atoms with Crippen LogP contribution < -0.4 is 10.9 Å². The van der Waals surface area contributed by atoms with Crippen LogP contribution in [0.5, 0.6) is 0 Å². The number of nitrogens with one attached hydrogen (secondary N) is 2. The van der Waals surface area contributed by atoms with E-state index in [-0.39, 0.29) is 12.8 Å². The van der Waals surface area contributed by atoms with Gasteiger partial charge in [0.15, 0.2) is 0 Å². The van der Waals surface area contributed by atoms with Gasteiger partial charge in [-0.15, -0.1) is 0 Å². The molecule has 10 nitrogen and oxygen atoms in total. The zero-order valence-electron chi connectivity index (χ0n) is 17.0. The van der Waals surface area contributed by atoms with Gasteiger partial charge in [-0.05, 0) is 12.8 Å². The molecule has 28 heavy (non-hydrogen) atoms. The van der Waals surface area contributed by atoms with E-state index in [0.717, 1.165) is 35.7 Å². The molecule has 0 saturated heterocycles. The van der Waals surface area contributed by atoms with Gasteiger partial charge in [-0.1, -0.05) is 25.7 Å². The number of hydrogen-bond donors (Lipinski definition) is 2. The summed E-state index contributed by atoms with van der Waals surface area (Å²) in [6.07, 6.45) is 4.73. The Morgan fingerprint density at radius 3 is 1.07 bits per heavy atom. The van der Waals surface area contributed by atoms with Crippen molar-refractivity contribution in [3.63, 3.8) is 0 Å².